The van der Waals surface area contributed by atoms with Crippen molar-refractivity contribution in [2.24, 2.45) is 0 Å². The highest BCUT2D eigenvalue weighted by atomic mass is 35.5. The monoisotopic (exact) mass is 411 g/mol. The number of unbranched alkanes of at least 4 members (excludes halogenated alkanes) is 1. The third-order valence-corrected chi connectivity index (χ3v) is 5.09. The molecule has 1 amide bonds. The number of carbonyl (C=O) groups is 1. The van der Waals surface area contributed by atoms with Crippen molar-refractivity contribution in [2.75, 3.05) is 5.32 Å². The Hall–Kier alpha value is -2.95. The zero-order valence-electron chi connectivity index (χ0n) is 15.2. The maximum atomic E-state index is 12.5. The Labute approximate surface area is 172 Å². The van der Waals surface area contributed by atoms with Gasteiger partial charge in [-0.05, 0) is 42.8 Å². The minimum Gasteiger partial charge on any atom is -0.317 e. The number of rotatable bonds is 7. The van der Waals surface area contributed by atoms with Crippen molar-refractivity contribution in [3.8, 4) is 11.8 Å². The third-order valence-electron chi connectivity index (χ3n) is 3.96. The Morgan fingerprint density at radius 1 is 1.36 bits per heavy atom. The molecular weight excluding hydrogens is 394 g/mol. The lowest BCUT2D eigenvalue weighted by Gasteiger charge is -2.07. The summed E-state index contributed by atoms with van der Waals surface area (Å²) in [5.74, 6) is -0.514. The van der Waals surface area contributed by atoms with Gasteiger partial charge in [0.25, 0.3) is 5.91 Å². The molecule has 0 bridgehead atoms. The Morgan fingerprint density at radius 2 is 2.21 bits per heavy atom. The number of hydrogen-bond acceptors (Lipinski definition) is 5. The van der Waals surface area contributed by atoms with E-state index in [0.717, 1.165) is 30.0 Å². The van der Waals surface area contributed by atoms with E-state index >= 15 is 0 Å². The van der Waals surface area contributed by atoms with Gasteiger partial charge in [0.2, 0.25) is 5.13 Å². The van der Waals surface area contributed by atoms with E-state index < -0.39 is 5.91 Å². The first-order valence-corrected chi connectivity index (χ1v) is 9.99. The van der Waals surface area contributed by atoms with Gasteiger partial charge in [0.05, 0.1) is 0 Å². The lowest BCUT2D eigenvalue weighted by molar-refractivity contribution is -0.112. The predicted molar refractivity (Wildman–Crippen MR) is 112 cm³/mol. The van der Waals surface area contributed by atoms with E-state index in [-0.39, 0.29) is 5.57 Å². The van der Waals surface area contributed by atoms with Gasteiger partial charge in [0, 0.05) is 29.0 Å². The van der Waals surface area contributed by atoms with E-state index in [9.17, 15) is 10.1 Å². The van der Waals surface area contributed by atoms with E-state index in [2.05, 4.69) is 22.4 Å². The summed E-state index contributed by atoms with van der Waals surface area (Å²) < 4.78 is 1.85. The summed E-state index contributed by atoms with van der Waals surface area (Å²) in [5, 5.41) is 22.0. The fourth-order valence-electron chi connectivity index (χ4n) is 2.57. The van der Waals surface area contributed by atoms with Crippen LogP contribution in [0.2, 0.25) is 5.02 Å². The molecule has 6 nitrogen and oxygen atoms in total. The number of nitriles is 1. The van der Waals surface area contributed by atoms with E-state index in [1.807, 2.05) is 47.2 Å². The second-order valence-corrected chi connectivity index (χ2v) is 7.51. The number of benzene rings is 1. The van der Waals surface area contributed by atoms with Gasteiger partial charge >= 0.3 is 0 Å². The molecule has 2 aromatic heterocycles. The second kappa shape index (κ2) is 9.31. The Morgan fingerprint density at radius 3 is 2.96 bits per heavy atom. The van der Waals surface area contributed by atoms with Crippen LogP contribution >= 0.6 is 22.9 Å². The molecule has 0 unspecified atom stereocenters. The van der Waals surface area contributed by atoms with Gasteiger partial charge in [-0.1, -0.05) is 42.3 Å². The molecule has 8 heteroatoms. The van der Waals surface area contributed by atoms with Gasteiger partial charge in [-0.15, -0.1) is 10.2 Å². The molecule has 3 rings (SSSR count). The second-order valence-electron chi connectivity index (χ2n) is 6.01. The maximum absolute atomic E-state index is 12.5. The van der Waals surface area contributed by atoms with Crippen molar-refractivity contribution < 1.29 is 4.79 Å². The molecule has 0 spiro atoms. The largest absolute Gasteiger partial charge is 0.317 e. The molecule has 0 aliphatic heterocycles. The van der Waals surface area contributed by atoms with Crippen molar-refractivity contribution in [1.82, 2.24) is 14.8 Å². The standard InChI is InChI=1S/C20H18ClN5OS/c1-2-3-9-18-24-25-20(28-18)23-19(27)14(13-22)11-16-8-5-10-26(16)17-7-4-6-15(21)12-17/h4-8,10-12H,2-3,9H2,1H3,(H,23,25,27)/b14-11-. The van der Waals surface area contributed by atoms with Gasteiger partial charge in [-0.25, -0.2) is 0 Å². The highest BCUT2D eigenvalue weighted by Gasteiger charge is 2.14. The number of nitrogens with zero attached hydrogens (tertiary/aromatic N) is 4. The molecule has 142 valence electrons. The number of carbonyl (C=O) groups excluding carboxylic acids is 1. The van der Waals surface area contributed by atoms with Crippen LogP contribution in [0.1, 0.15) is 30.5 Å². The summed E-state index contributed by atoms with van der Waals surface area (Å²) in [5.41, 5.74) is 1.51. The topological polar surface area (TPSA) is 83.6 Å². The van der Waals surface area contributed by atoms with Crippen LogP contribution in [0.15, 0.2) is 48.2 Å². The van der Waals surface area contributed by atoms with E-state index in [4.69, 9.17) is 11.6 Å². The van der Waals surface area contributed by atoms with Gasteiger partial charge in [0.1, 0.15) is 16.6 Å². The maximum Gasteiger partial charge on any atom is 0.268 e. The van der Waals surface area contributed by atoms with Crippen LogP contribution in [0, 0.1) is 11.3 Å². The molecule has 0 fully saturated rings. The molecule has 0 atom stereocenters. The smallest absolute Gasteiger partial charge is 0.268 e. The predicted octanol–water partition coefficient (Wildman–Crippen LogP) is 4.87. The summed E-state index contributed by atoms with van der Waals surface area (Å²) in [6.45, 7) is 2.10. The average molecular weight is 412 g/mol. The third kappa shape index (κ3) is 4.85. The first-order chi connectivity index (χ1) is 13.6. The summed E-state index contributed by atoms with van der Waals surface area (Å²) in [6.07, 6.45) is 6.30. The first-order valence-electron chi connectivity index (χ1n) is 8.79. The SMILES string of the molecule is CCCCc1nnc(NC(=O)/C(C#N)=C\c2cccn2-c2cccc(Cl)c2)s1. The normalized spacial score (nSPS) is 11.2. The van der Waals surface area contributed by atoms with Gasteiger partial charge in [-0.2, -0.15) is 5.26 Å². The summed E-state index contributed by atoms with van der Waals surface area (Å²) in [4.78, 5) is 12.5. The minimum absolute atomic E-state index is 0.0210. The molecule has 0 radical (unpaired) electrons. The van der Waals surface area contributed by atoms with Gasteiger partial charge < -0.3 is 4.57 Å². The Bertz CT molecular complexity index is 1050. The lowest BCUT2D eigenvalue weighted by atomic mass is 10.2. The number of nitrogens with one attached hydrogen (secondary N) is 1. The highest BCUT2D eigenvalue weighted by molar-refractivity contribution is 7.15. The fourth-order valence-corrected chi connectivity index (χ4v) is 3.53. The molecule has 0 aliphatic carbocycles. The van der Waals surface area contributed by atoms with Crippen molar-refractivity contribution >= 4 is 40.1 Å². The Balaban J connectivity index is 1.79. The summed E-state index contributed by atoms with van der Waals surface area (Å²) in [7, 11) is 0. The quantitative estimate of drug-likeness (QED) is 0.444. The molecule has 2 heterocycles. The minimum atomic E-state index is -0.514. The van der Waals surface area contributed by atoms with E-state index in [0.29, 0.717) is 15.8 Å². The molecule has 28 heavy (non-hydrogen) atoms. The van der Waals surface area contributed by atoms with Crippen LogP contribution in [0.4, 0.5) is 5.13 Å². The highest BCUT2D eigenvalue weighted by Crippen LogP contribution is 2.21. The van der Waals surface area contributed by atoms with Crippen LogP contribution in [-0.2, 0) is 11.2 Å². The average Bonchev–Trinajstić information content (AvgIpc) is 3.33. The van der Waals surface area contributed by atoms with Gasteiger partial charge in [-0.3, -0.25) is 10.1 Å². The molecule has 0 saturated heterocycles. The first kappa shape index (κ1) is 19.8. The molecule has 3 aromatic rings. The van der Waals surface area contributed by atoms with Crippen LogP contribution in [0.5, 0.6) is 0 Å². The van der Waals surface area contributed by atoms with Crippen LogP contribution in [0.3, 0.4) is 0 Å². The number of aryl methyl sites for hydroxylation is 1. The number of halogens is 1. The van der Waals surface area contributed by atoms with Crippen molar-refractivity contribution in [1.29, 1.82) is 5.26 Å². The summed E-state index contributed by atoms with van der Waals surface area (Å²) in [6, 6.07) is 12.9. The fraction of sp³-hybridized carbons (Fsp3) is 0.200. The molecule has 1 aromatic carbocycles. The van der Waals surface area contributed by atoms with Crippen molar-refractivity contribution in [3.05, 3.63) is 63.9 Å². The Kier molecular flexibility index (Phi) is 6.58. The molecular formula is C20H18ClN5OS. The molecule has 0 saturated carbocycles. The zero-order chi connectivity index (χ0) is 19.9. The van der Waals surface area contributed by atoms with E-state index in [1.54, 1.807) is 6.07 Å². The van der Waals surface area contributed by atoms with Crippen LogP contribution < -0.4 is 5.32 Å². The van der Waals surface area contributed by atoms with Crippen LogP contribution in [-0.4, -0.2) is 20.7 Å². The number of amides is 1. The van der Waals surface area contributed by atoms with Crippen molar-refractivity contribution in [2.45, 2.75) is 26.2 Å². The molecule has 0 aliphatic rings. The number of hydrogen-bond donors (Lipinski definition) is 1. The molecule has 1 N–H and O–H groups in total. The van der Waals surface area contributed by atoms with E-state index in [1.165, 1.54) is 17.4 Å². The van der Waals surface area contributed by atoms with Crippen LogP contribution in [0.25, 0.3) is 11.8 Å². The lowest BCUT2D eigenvalue weighted by Crippen LogP contribution is -2.13. The van der Waals surface area contributed by atoms with Gasteiger partial charge in [0.15, 0.2) is 0 Å². The summed E-state index contributed by atoms with van der Waals surface area (Å²) >= 11 is 7.39. The number of anilines is 1. The van der Waals surface area contributed by atoms with Crippen molar-refractivity contribution in [3.63, 3.8) is 0 Å². The zero-order valence-corrected chi connectivity index (χ0v) is 16.8. The number of aromatic nitrogens is 3.